The first-order valence-electron chi connectivity index (χ1n) is 8.66. The van der Waals surface area contributed by atoms with Crippen LogP contribution in [0, 0.1) is 0 Å². The number of aromatic nitrogens is 1. The van der Waals surface area contributed by atoms with Crippen molar-refractivity contribution in [3.05, 3.63) is 70.7 Å². The first-order valence-corrected chi connectivity index (χ1v) is 9.45. The Balaban J connectivity index is 1.36. The molecule has 1 aliphatic heterocycles. The Morgan fingerprint density at radius 1 is 1.22 bits per heavy atom. The number of carbonyl (C=O) groups excluding carboxylic acids is 1. The fourth-order valence-electron chi connectivity index (χ4n) is 3.01. The van der Waals surface area contributed by atoms with Crippen molar-refractivity contribution in [2.45, 2.75) is 19.0 Å². The zero-order chi connectivity index (χ0) is 18.6. The average molecular weight is 428 g/mol. The van der Waals surface area contributed by atoms with E-state index in [1.165, 1.54) is 0 Å². The molecule has 138 valence electrons. The monoisotopic (exact) mass is 427 g/mol. The fourth-order valence-corrected chi connectivity index (χ4v) is 3.39. The highest BCUT2D eigenvalue weighted by molar-refractivity contribution is 9.10. The summed E-state index contributed by atoms with van der Waals surface area (Å²) in [5.41, 5.74) is 1.92. The van der Waals surface area contributed by atoms with E-state index in [0.29, 0.717) is 24.7 Å². The molecule has 0 radical (unpaired) electrons. The van der Waals surface area contributed by atoms with Gasteiger partial charge in [0.15, 0.2) is 5.76 Å². The van der Waals surface area contributed by atoms with Gasteiger partial charge in [0.05, 0.1) is 25.4 Å². The van der Waals surface area contributed by atoms with E-state index >= 15 is 0 Å². The molecule has 2 N–H and O–H groups in total. The molecule has 0 saturated heterocycles. The molecule has 0 aliphatic carbocycles. The van der Waals surface area contributed by atoms with Crippen LogP contribution in [0.4, 0.5) is 4.79 Å². The van der Waals surface area contributed by atoms with Gasteiger partial charge in [-0.3, -0.25) is 0 Å². The normalized spacial score (nSPS) is 15.5. The van der Waals surface area contributed by atoms with Crippen LogP contribution < -0.4 is 15.4 Å². The van der Waals surface area contributed by atoms with Crippen molar-refractivity contribution < 1.29 is 13.9 Å². The molecule has 2 heterocycles. The van der Waals surface area contributed by atoms with Crippen molar-refractivity contribution in [3.8, 4) is 17.1 Å². The van der Waals surface area contributed by atoms with Crippen molar-refractivity contribution in [2.24, 2.45) is 0 Å². The minimum absolute atomic E-state index is 0.101. The van der Waals surface area contributed by atoms with Crippen LogP contribution in [0.25, 0.3) is 11.3 Å². The van der Waals surface area contributed by atoms with Crippen LogP contribution >= 0.6 is 15.9 Å². The van der Waals surface area contributed by atoms with Gasteiger partial charge in [-0.1, -0.05) is 46.3 Å². The maximum absolute atomic E-state index is 12.3. The highest BCUT2D eigenvalue weighted by atomic mass is 79.9. The fraction of sp³-hybridized carbons (Fsp3) is 0.200. The molecule has 1 aromatic heterocycles. The van der Waals surface area contributed by atoms with Crippen LogP contribution in [0.5, 0.6) is 5.75 Å². The standard InChI is InChI=1S/C20H18BrN3O3/c21-14-6-7-17-15(10-14)16(8-9-26-17)24-20(25)23-12-19-22-11-18(27-19)13-4-2-1-3-5-13/h1-7,10-11,16H,8-9,12H2,(H2,23,24,25). The molecule has 2 aromatic carbocycles. The molecule has 27 heavy (non-hydrogen) atoms. The molecule has 2 amide bonds. The number of hydrogen-bond acceptors (Lipinski definition) is 4. The highest BCUT2D eigenvalue weighted by Gasteiger charge is 2.23. The average Bonchev–Trinajstić information content (AvgIpc) is 3.17. The lowest BCUT2D eigenvalue weighted by Gasteiger charge is -2.26. The Hall–Kier alpha value is -2.80. The maximum atomic E-state index is 12.3. The number of fused-ring (bicyclic) bond motifs is 1. The molecule has 1 atom stereocenters. The largest absolute Gasteiger partial charge is 0.493 e. The summed E-state index contributed by atoms with van der Waals surface area (Å²) in [6.07, 6.45) is 2.38. The molecular formula is C20H18BrN3O3. The third-order valence-electron chi connectivity index (χ3n) is 4.33. The molecule has 0 spiro atoms. The zero-order valence-electron chi connectivity index (χ0n) is 14.4. The van der Waals surface area contributed by atoms with Gasteiger partial charge < -0.3 is 19.8 Å². The number of carbonyl (C=O) groups is 1. The lowest BCUT2D eigenvalue weighted by Crippen LogP contribution is -2.39. The highest BCUT2D eigenvalue weighted by Crippen LogP contribution is 2.34. The van der Waals surface area contributed by atoms with Gasteiger partial charge in [0.1, 0.15) is 5.75 Å². The molecule has 0 bridgehead atoms. The van der Waals surface area contributed by atoms with Crippen LogP contribution in [-0.2, 0) is 6.54 Å². The number of hydrogen-bond donors (Lipinski definition) is 2. The Morgan fingerprint density at radius 3 is 2.93 bits per heavy atom. The van der Waals surface area contributed by atoms with Gasteiger partial charge in [-0.25, -0.2) is 9.78 Å². The molecule has 3 aromatic rings. The summed E-state index contributed by atoms with van der Waals surface area (Å²) < 4.78 is 12.3. The summed E-state index contributed by atoms with van der Waals surface area (Å²) in [4.78, 5) is 16.5. The topological polar surface area (TPSA) is 76.4 Å². The molecule has 0 saturated carbocycles. The lowest BCUT2D eigenvalue weighted by molar-refractivity contribution is 0.222. The van der Waals surface area contributed by atoms with Gasteiger partial charge in [0.2, 0.25) is 5.89 Å². The van der Waals surface area contributed by atoms with Crippen LogP contribution in [0.1, 0.15) is 23.9 Å². The number of benzene rings is 2. The second kappa shape index (κ2) is 7.84. The summed E-state index contributed by atoms with van der Waals surface area (Å²) in [5.74, 6) is 1.94. The predicted octanol–water partition coefficient (Wildman–Crippen LogP) is 4.43. The number of ether oxygens (including phenoxy) is 1. The van der Waals surface area contributed by atoms with E-state index in [2.05, 4.69) is 31.5 Å². The van der Waals surface area contributed by atoms with Crippen molar-refractivity contribution in [1.29, 1.82) is 0 Å². The van der Waals surface area contributed by atoms with Gasteiger partial charge in [0, 0.05) is 22.0 Å². The first-order chi connectivity index (χ1) is 13.2. The molecule has 4 rings (SSSR count). The predicted molar refractivity (Wildman–Crippen MR) is 104 cm³/mol. The summed E-state index contributed by atoms with van der Waals surface area (Å²) in [7, 11) is 0. The summed E-state index contributed by atoms with van der Waals surface area (Å²) in [5, 5.41) is 5.79. The smallest absolute Gasteiger partial charge is 0.315 e. The van der Waals surface area contributed by atoms with Gasteiger partial charge in [-0.2, -0.15) is 0 Å². The Morgan fingerprint density at radius 2 is 2.07 bits per heavy atom. The van der Waals surface area contributed by atoms with Crippen LogP contribution in [-0.4, -0.2) is 17.6 Å². The Kier molecular flexibility index (Phi) is 5.11. The molecule has 1 aliphatic rings. The number of amides is 2. The van der Waals surface area contributed by atoms with Crippen LogP contribution in [0.3, 0.4) is 0 Å². The van der Waals surface area contributed by atoms with E-state index < -0.39 is 0 Å². The van der Waals surface area contributed by atoms with E-state index in [1.807, 2.05) is 48.5 Å². The third kappa shape index (κ3) is 4.14. The minimum Gasteiger partial charge on any atom is -0.493 e. The number of urea groups is 1. The van der Waals surface area contributed by atoms with Crippen molar-refractivity contribution in [2.75, 3.05) is 6.61 Å². The van der Waals surface area contributed by atoms with Gasteiger partial charge >= 0.3 is 6.03 Å². The zero-order valence-corrected chi connectivity index (χ0v) is 16.0. The van der Waals surface area contributed by atoms with Crippen LogP contribution in [0.2, 0.25) is 0 Å². The van der Waals surface area contributed by atoms with Gasteiger partial charge in [-0.05, 0) is 18.2 Å². The number of oxazole rings is 1. The van der Waals surface area contributed by atoms with Crippen molar-refractivity contribution >= 4 is 22.0 Å². The van der Waals surface area contributed by atoms with Gasteiger partial charge in [0.25, 0.3) is 0 Å². The summed E-state index contributed by atoms with van der Waals surface area (Å²) in [6, 6.07) is 15.1. The Bertz CT molecular complexity index is 943. The first kappa shape index (κ1) is 17.6. The second-order valence-electron chi connectivity index (χ2n) is 6.18. The molecular weight excluding hydrogens is 410 g/mol. The van der Waals surface area contributed by atoms with E-state index in [0.717, 1.165) is 21.3 Å². The Labute approximate surface area is 165 Å². The quantitative estimate of drug-likeness (QED) is 0.645. The SMILES string of the molecule is O=C(NCc1ncc(-c2ccccc2)o1)NC1CCOc2ccc(Br)cc21. The molecule has 1 unspecified atom stereocenters. The van der Waals surface area contributed by atoms with Crippen molar-refractivity contribution in [1.82, 2.24) is 15.6 Å². The molecule has 6 nitrogen and oxygen atoms in total. The van der Waals surface area contributed by atoms with E-state index in [1.54, 1.807) is 6.20 Å². The second-order valence-corrected chi connectivity index (χ2v) is 7.10. The van der Waals surface area contributed by atoms with E-state index in [4.69, 9.17) is 9.15 Å². The third-order valence-corrected chi connectivity index (χ3v) is 4.82. The van der Waals surface area contributed by atoms with Gasteiger partial charge in [-0.15, -0.1) is 0 Å². The number of nitrogens with one attached hydrogen (secondary N) is 2. The summed E-state index contributed by atoms with van der Waals surface area (Å²) in [6.45, 7) is 0.785. The van der Waals surface area contributed by atoms with Crippen molar-refractivity contribution in [3.63, 3.8) is 0 Å². The van der Waals surface area contributed by atoms with E-state index in [9.17, 15) is 4.79 Å². The number of halogens is 1. The minimum atomic E-state index is -0.271. The van der Waals surface area contributed by atoms with E-state index in [-0.39, 0.29) is 18.6 Å². The maximum Gasteiger partial charge on any atom is 0.315 e. The summed E-state index contributed by atoms with van der Waals surface area (Å²) >= 11 is 3.46. The number of rotatable bonds is 4. The molecule has 0 fully saturated rings. The van der Waals surface area contributed by atoms with Crippen LogP contribution in [0.15, 0.2) is 63.6 Å². The molecule has 7 heteroatoms. The number of nitrogens with zero attached hydrogens (tertiary/aromatic N) is 1. The lowest BCUT2D eigenvalue weighted by atomic mass is 10.0.